The third kappa shape index (κ3) is 1.70. The fourth-order valence-electron chi connectivity index (χ4n) is 1.58. The number of carbonyl (C=O) groups is 1. The molecular formula is C8H11NO2. The van der Waals surface area contributed by atoms with Gasteiger partial charge in [0.05, 0.1) is 17.9 Å². The normalized spacial score (nSPS) is 30.8. The highest BCUT2D eigenvalue weighted by molar-refractivity contribution is 5.70. The molecule has 0 amide bonds. The first-order chi connectivity index (χ1) is 5.25. The van der Waals surface area contributed by atoms with E-state index in [9.17, 15) is 4.79 Å². The molecule has 1 N–H and O–H groups in total. The van der Waals surface area contributed by atoms with Gasteiger partial charge in [0.25, 0.3) is 0 Å². The van der Waals surface area contributed by atoms with Crippen molar-refractivity contribution >= 4 is 5.97 Å². The summed E-state index contributed by atoms with van der Waals surface area (Å²) in [6.45, 7) is 0. The van der Waals surface area contributed by atoms with Crippen LogP contribution in [0.25, 0.3) is 0 Å². The summed E-state index contributed by atoms with van der Waals surface area (Å²) in [7, 11) is 0. The van der Waals surface area contributed by atoms with Crippen LogP contribution in [0.5, 0.6) is 0 Å². The monoisotopic (exact) mass is 153 g/mol. The Morgan fingerprint density at radius 1 is 1.45 bits per heavy atom. The molecule has 1 aliphatic carbocycles. The Balaban J connectivity index is 2.60. The zero-order chi connectivity index (χ0) is 8.27. The Kier molecular flexibility index (Phi) is 2.48. The van der Waals surface area contributed by atoms with E-state index in [-0.39, 0.29) is 5.92 Å². The van der Waals surface area contributed by atoms with Crippen LogP contribution in [0.15, 0.2) is 0 Å². The fraction of sp³-hybridized carbons (Fsp3) is 0.750. The number of hydrogen-bond donors (Lipinski definition) is 1. The molecule has 0 saturated heterocycles. The van der Waals surface area contributed by atoms with E-state index >= 15 is 0 Å². The van der Waals surface area contributed by atoms with Crippen molar-refractivity contribution in [3.05, 3.63) is 0 Å². The van der Waals surface area contributed by atoms with Gasteiger partial charge in [0.15, 0.2) is 0 Å². The van der Waals surface area contributed by atoms with Gasteiger partial charge in [-0.25, -0.2) is 0 Å². The average molecular weight is 153 g/mol. The molecule has 0 spiro atoms. The minimum absolute atomic E-state index is 0.249. The minimum Gasteiger partial charge on any atom is -0.481 e. The summed E-state index contributed by atoms with van der Waals surface area (Å²) in [5.74, 6) is -1.47. The van der Waals surface area contributed by atoms with E-state index in [1.165, 1.54) is 0 Å². The molecule has 0 bridgehead atoms. The number of nitriles is 1. The molecule has 0 heterocycles. The summed E-state index contributed by atoms with van der Waals surface area (Å²) in [5.41, 5.74) is 0. The molecule has 0 aromatic heterocycles. The zero-order valence-corrected chi connectivity index (χ0v) is 6.29. The SMILES string of the molecule is N#CC1CCCC[C@@H]1C(=O)O. The van der Waals surface area contributed by atoms with Gasteiger partial charge in [-0.1, -0.05) is 12.8 Å². The van der Waals surface area contributed by atoms with E-state index in [2.05, 4.69) is 6.07 Å². The third-order valence-corrected chi connectivity index (χ3v) is 2.25. The van der Waals surface area contributed by atoms with Gasteiger partial charge < -0.3 is 5.11 Å². The molecule has 2 atom stereocenters. The van der Waals surface area contributed by atoms with Crippen LogP contribution in [-0.4, -0.2) is 11.1 Å². The quantitative estimate of drug-likeness (QED) is 0.619. The number of hydrogen-bond acceptors (Lipinski definition) is 2. The van der Waals surface area contributed by atoms with Gasteiger partial charge in [0, 0.05) is 0 Å². The van der Waals surface area contributed by atoms with Crippen molar-refractivity contribution < 1.29 is 9.90 Å². The molecule has 1 saturated carbocycles. The fourth-order valence-corrected chi connectivity index (χ4v) is 1.58. The number of carboxylic acid groups (broad SMARTS) is 1. The highest BCUT2D eigenvalue weighted by atomic mass is 16.4. The molecule has 0 radical (unpaired) electrons. The van der Waals surface area contributed by atoms with Gasteiger partial charge in [-0.2, -0.15) is 5.26 Å². The molecule has 1 rings (SSSR count). The van der Waals surface area contributed by atoms with E-state index in [1.54, 1.807) is 0 Å². The number of rotatable bonds is 1. The first kappa shape index (κ1) is 8.06. The van der Waals surface area contributed by atoms with Crippen LogP contribution in [-0.2, 0) is 4.79 Å². The maximum Gasteiger partial charge on any atom is 0.307 e. The summed E-state index contributed by atoms with van der Waals surface area (Å²) in [6, 6.07) is 2.05. The highest BCUT2D eigenvalue weighted by Gasteiger charge is 2.30. The smallest absolute Gasteiger partial charge is 0.307 e. The molecule has 1 aliphatic rings. The molecule has 1 unspecified atom stereocenters. The number of carboxylic acids is 1. The van der Waals surface area contributed by atoms with Crippen LogP contribution in [0.2, 0.25) is 0 Å². The van der Waals surface area contributed by atoms with Crippen molar-refractivity contribution in [2.75, 3.05) is 0 Å². The average Bonchev–Trinajstić information content (AvgIpc) is 2.04. The van der Waals surface area contributed by atoms with Crippen molar-refractivity contribution in [2.45, 2.75) is 25.7 Å². The molecular weight excluding hydrogens is 142 g/mol. The van der Waals surface area contributed by atoms with E-state index < -0.39 is 11.9 Å². The van der Waals surface area contributed by atoms with Crippen molar-refractivity contribution in [1.29, 1.82) is 5.26 Å². The molecule has 0 aromatic carbocycles. The molecule has 3 heteroatoms. The topological polar surface area (TPSA) is 61.1 Å². The summed E-state index contributed by atoms with van der Waals surface area (Å²) in [4.78, 5) is 10.6. The minimum atomic E-state index is -0.809. The first-order valence-corrected chi connectivity index (χ1v) is 3.88. The lowest BCUT2D eigenvalue weighted by molar-refractivity contribution is -0.144. The van der Waals surface area contributed by atoms with E-state index in [0.717, 1.165) is 19.3 Å². The Morgan fingerprint density at radius 2 is 2.09 bits per heavy atom. The summed E-state index contributed by atoms with van der Waals surface area (Å²) in [5, 5.41) is 17.3. The molecule has 1 fully saturated rings. The lowest BCUT2D eigenvalue weighted by Gasteiger charge is -2.22. The van der Waals surface area contributed by atoms with Crippen molar-refractivity contribution in [1.82, 2.24) is 0 Å². The third-order valence-electron chi connectivity index (χ3n) is 2.25. The van der Waals surface area contributed by atoms with Crippen LogP contribution < -0.4 is 0 Å². The number of nitrogens with zero attached hydrogens (tertiary/aromatic N) is 1. The molecule has 60 valence electrons. The molecule has 0 aliphatic heterocycles. The highest BCUT2D eigenvalue weighted by Crippen LogP contribution is 2.29. The Hall–Kier alpha value is -1.04. The lowest BCUT2D eigenvalue weighted by Crippen LogP contribution is -2.25. The van der Waals surface area contributed by atoms with Crippen molar-refractivity contribution in [2.24, 2.45) is 11.8 Å². The maximum atomic E-state index is 10.6. The van der Waals surface area contributed by atoms with Gasteiger partial charge in [-0.05, 0) is 12.8 Å². The predicted octanol–water partition coefficient (Wildman–Crippen LogP) is 1.40. The van der Waals surface area contributed by atoms with Gasteiger partial charge in [0.1, 0.15) is 0 Å². The van der Waals surface area contributed by atoms with Gasteiger partial charge >= 0.3 is 5.97 Å². The molecule has 3 nitrogen and oxygen atoms in total. The van der Waals surface area contributed by atoms with Gasteiger partial charge in [-0.15, -0.1) is 0 Å². The van der Waals surface area contributed by atoms with Crippen LogP contribution >= 0.6 is 0 Å². The summed E-state index contributed by atoms with van der Waals surface area (Å²) >= 11 is 0. The van der Waals surface area contributed by atoms with Crippen molar-refractivity contribution in [3.63, 3.8) is 0 Å². The van der Waals surface area contributed by atoms with Crippen LogP contribution in [0, 0.1) is 23.2 Å². The first-order valence-electron chi connectivity index (χ1n) is 3.88. The van der Waals surface area contributed by atoms with E-state index in [4.69, 9.17) is 10.4 Å². The standard InChI is InChI=1S/C8H11NO2/c9-5-6-3-1-2-4-7(6)8(10)11/h6-7H,1-4H2,(H,10,11)/t6?,7-/m0/s1. The van der Waals surface area contributed by atoms with Crippen LogP contribution in [0.3, 0.4) is 0 Å². The van der Waals surface area contributed by atoms with Crippen LogP contribution in [0.4, 0.5) is 0 Å². The van der Waals surface area contributed by atoms with Gasteiger partial charge in [-0.3, -0.25) is 4.79 Å². The second-order valence-corrected chi connectivity index (χ2v) is 2.96. The second kappa shape index (κ2) is 3.38. The maximum absolute atomic E-state index is 10.6. The van der Waals surface area contributed by atoms with Crippen molar-refractivity contribution in [3.8, 4) is 6.07 Å². The second-order valence-electron chi connectivity index (χ2n) is 2.96. The molecule has 11 heavy (non-hydrogen) atoms. The summed E-state index contributed by atoms with van der Waals surface area (Å²) < 4.78 is 0. The Morgan fingerprint density at radius 3 is 2.55 bits per heavy atom. The largest absolute Gasteiger partial charge is 0.481 e. The summed E-state index contributed by atoms with van der Waals surface area (Å²) in [6.07, 6.45) is 3.39. The van der Waals surface area contributed by atoms with Gasteiger partial charge in [0.2, 0.25) is 0 Å². The van der Waals surface area contributed by atoms with Crippen LogP contribution in [0.1, 0.15) is 25.7 Å². The zero-order valence-electron chi connectivity index (χ0n) is 6.29. The van der Waals surface area contributed by atoms with E-state index in [1.807, 2.05) is 0 Å². The lowest BCUT2D eigenvalue weighted by atomic mass is 9.80. The van der Waals surface area contributed by atoms with E-state index in [0.29, 0.717) is 6.42 Å². The number of aliphatic carboxylic acids is 1. The Bertz CT molecular complexity index is 195. The predicted molar refractivity (Wildman–Crippen MR) is 38.7 cm³/mol. The molecule has 0 aromatic rings. The Labute approximate surface area is 65.6 Å².